The standard InChI is InChI=1S/C6H12INO2/c1-6(2,3-4-7)10-5(8)9/h3-4H2,1-2H3,(H2,8,9). The summed E-state index contributed by atoms with van der Waals surface area (Å²) < 4.78 is 5.77. The molecule has 0 spiro atoms. The average molecular weight is 257 g/mol. The normalized spacial score (nSPS) is 11.1. The highest BCUT2D eigenvalue weighted by atomic mass is 127. The maximum absolute atomic E-state index is 10.3. The van der Waals surface area contributed by atoms with Crippen LogP contribution in [0.5, 0.6) is 0 Å². The Bertz CT molecular complexity index is 125. The van der Waals surface area contributed by atoms with Crippen molar-refractivity contribution in [2.45, 2.75) is 25.9 Å². The highest BCUT2D eigenvalue weighted by Crippen LogP contribution is 2.15. The number of carbonyl (C=O) groups excluding carboxylic acids is 1. The molecule has 0 atom stereocenters. The molecule has 0 aliphatic rings. The van der Waals surface area contributed by atoms with Crippen molar-refractivity contribution in [2.24, 2.45) is 5.73 Å². The van der Waals surface area contributed by atoms with Gasteiger partial charge in [0.15, 0.2) is 0 Å². The third-order valence-electron chi connectivity index (χ3n) is 1.07. The fourth-order valence-corrected chi connectivity index (χ4v) is 1.85. The fourth-order valence-electron chi connectivity index (χ4n) is 0.551. The van der Waals surface area contributed by atoms with Crippen molar-refractivity contribution in [2.75, 3.05) is 4.43 Å². The molecule has 10 heavy (non-hydrogen) atoms. The number of carbonyl (C=O) groups is 1. The van der Waals surface area contributed by atoms with Crippen LogP contribution in [0.2, 0.25) is 0 Å². The Balaban J connectivity index is 3.74. The summed E-state index contributed by atoms with van der Waals surface area (Å²) in [5, 5.41) is 0. The molecule has 60 valence electrons. The summed E-state index contributed by atoms with van der Waals surface area (Å²) in [5.41, 5.74) is 4.44. The van der Waals surface area contributed by atoms with E-state index in [0.717, 1.165) is 10.8 Å². The average Bonchev–Trinajstić information content (AvgIpc) is 1.59. The quantitative estimate of drug-likeness (QED) is 0.617. The molecular formula is C6H12INO2. The van der Waals surface area contributed by atoms with E-state index in [1.807, 2.05) is 13.8 Å². The summed E-state index contributed by atoms with van der Waals surface area (Å²) in [7, 11) is 0. The second kappa shape index (κ2) is 4.00. The van der Waals surface area contributed by atoms with Gasteiger partial charge in [-0.05, 0) is 20.3 Å². The SMILES string of the molecule is CC(C)(CCI)OC(N)=O. The second-order valence-corrected chi connectivity index (χ2v) is 3.70. The largest absolute Gasteiger partial charge is 0.444 e. The van der Waals surface area contributed by atoms with E-state index in [4.69, 9.17) is 10.5 Å². The molecule has 0 aromatic heterocycles. The van der Waals surface area contributed by atoms with Gasteiger partial charge in [-0.15, -0.1) is 0 Å². The Kier molecular flexibility index (Phi) is 4.00. The molecular weight excluding hydrogens is 245 g/mol. The second-order valence-electron chi connectivity index (χ2n) is 2.62. The number of hydrogen-bond donors (Lipinski definition) is 1. The van der Waals surface area contributed by atoms with Crippen molar-refractivity contribution < 1.29 is 9.53 Å². The first-order valence-corrected chi connectivity index (χ1v) is 4.55. The Morgan fingerprint density at radius 1 is 1.70 bits per heavy atom. The topological polar surface area (TPSA) is 52.3 Å². The van der Waals surface area contributed by atoms with Gasteiger partial charge in [-0.25, -0.2) is 4.79 Å². The van der Waals surface area contributed by atoms with Gasteiger partial charge in [-0.2, -0.15) is 0 Å². The molecule has 0 aliphatic carbocycles. The zero-order valence-corrected chi connectivity index (χ0v) is 8.34. The Morgan fingerprint density at radius 2 is 2.20 bits per heavy atom. The number of amides is 1. The van der Waals surface area contributed by atoms with Gasteiger partial charge in [-0.3, -0.25) is 0 Å². The monoisotopic (exact) mass is 257 g/mol. The van der Waals surface area contributed by atoms with Crippen LogP contribution in [0.25, 0.3) is 0 Å². The lowest BCUT2D eigenvalue weighted by molar-refractivity contribution is 0.0443. The minimum Gasteiger partial charge on any atom is -0.444 e. The zero-order valence-electron chi connectivity index (χ0n) is 6.19. The summed E-state index contributed by atoms with van der Waals surface area (Å²) in [5.74, 6) is 0. The van der Waals surface area contributed by atoms with Gasteiger partial charge in [0, 0.05) is 4.43 Å². The number of nitrogens with two attached hydrogens (primary N) is 1. The van der Waals surface area contributed by atoms with Crippen LogP contribution in [-0.2, 0) is 4.74 Å². The maximum atomic E-state index is 10.3. The third-order valence-corrected chi connectivity index (χ3v) is 1.61. The highest BCUT2D eigenvalue weighted by Gasteiger charge is 2.19. The smallest absolute Gasteiger partial charge is 0.405 e. The van der Waals surface area contributed by atoms with Crippen LogP contribution >= 0.6 is 22.6 Å². The molecule has 4 heteroatoms. The number of ether oxygens (including phenoxy) is 1. The van der Waals surface area contributed by atoms with Crippen LogP contribution < -0.4 is 5.73 Å². The van der Waals surface area contributed by atoms with Crippen LogP contribution in [-0.4, -0.2) is 16.1 Å². The van der Waals surface area contributed by atoms with E-state index in [1.165, 1.54) is 0 Å². The predicted molar refractivity (Wildman–Crippen MR) is 48.3 cm³/mol. The first-order chi connectivity index (χ1) is 4.48. The third kappa shape index (κ3) is 4.84. The summed E-state index contributed by atoms with van der Waals surface area (Å²) in [6.07, 6.45) is 0.131. The van der Waals surface area contributed by atoms with Crippen LogP contribution in [0.15, 0.2) is 0 Å². The van der Waals surface area contributed by atoms with Crippen molar-refractivity contribution in [3.63, 3.8) is 0 Å². The molecule has 0 aliphatic heterocycles. The summed E-state index contributed by atoms with van der Waals surface area (Å²) in [6.45, 7) is 3.69. The fraction of sp³-hybridized carbons (Fsp3) is 0.833. The number of halogens is 1. The van der Waals surface area contributed by atoms with Crippen LogP contribution in [0.1, 0.15) is 20.3 Å². The van der Waals surface area contributed by atoms with Gasteiger partial charge in [0.25, 0.3) is 0 Å². The van der Waals surface area contributed by atoms with Gasteiger partial charge in [0.2, 0.25) is 0 Å². The molecule has 0 aromatic rings. The maximum Gasteiger partial charge on any atom is 0.405 e. The lowest BCUT2D eigenvalue weighted by Crippen LogP contribution is -2.31. The lowest BCUT2D eigenvalue weighted by atomic mass is 10.1. The molecule has 3 nitrogen and oxygen atoms in total. The summed E-state index contributed by atoms with van der Waals surface area (Å²) >= 11 is 2.23. The van der Waals surface area contributed by atoms with Gasteiger partial charge < -0.3 is 10.5 Å². The van der Waals surface area contributed by atoms with Crippen molar-refractivity contribution in [3.8, 4) is 0 Å². The Morgan fingerprint density at radius 3 is 2.50 bits per heavy atom. The molecule has 0 aromatic carbocycles. The van der Waals surface area contributed by atoms with Gasteiger partial charge in [0.1, 0.15) is 5.60 Å². The van der Waals surface area contributed by atoms with Crippen molar-refractivity contribution in [1.82, 2.24) is 0 Å². The van der Waals surface area contributed by atoms with Crippen LogP contribution in [0, 0.1) is 0 Å². The van der Waals surface area contributed by atoms with Crippen LogP contribution in [0.3, 0.4) is 0 Å². The summed E-state index contributed by atoms with van der Waals surface area (Å²) in [6, 6.07) is 0. The van der Waals surface area contributed by atoms with Gasteiger partial charge in [0.05, 0.1) is 0 Å². The van der Waals surface area contributed by atoms with Crippen LogP contribution in [0.4, 0.5) is 4.79 Å². The van der Waals surface area contributed by atoms with Gasteiger partial charge >= 0.3 is 6.09 Å². The molecule has 0 bridgehead atoms. The van der Waals surface area contributed by atoms with E-state index in [0.29, 0.717) is 0 Å². The van der Waals surface area contributed by atoms with E-state index in [-0.39, 0.29) is 0 Å². The molecule has 0 fully saturated rings. The van der Waals surface area contributed by atoms with E-state index >= 15 is 0 Å². The molecule has 0 saturated heterocycles. The number of rotatable bonds is 3. The Labute approximate surface area is 74.4 Å². The number of primary amides is 1. The lowest BCUT2D eigenvalue weighted by Gasteiger charge is -2.22. The summed E-state index contributed by atoms with van der Waals surface area (Å²) in [4.78, 5) is 10.3. The minimum atomic E-state index is -0.699. The molecule has 0 unspecified atom stereocenters. The zero-order chi connectivity index (χ0) is 8.20. The van der Waals surface area contributed by atoms with E-state index in [1.54, 1.807) is 0 Å². The highest BCUT2D eigenvalue weighted by molar-refractivity contribution is 14.1. The van der Waals surface area contributed by atoms with Gasteiger partial charge in [-0.1, -0.05) is 22.6 Å². The first-order valence-electron chi connectivity index (χ1n) is 3.02. The van der Waals surface area contributed by atoms with E-state index < -0.39 is 11.7 Å². The number of alkyl halides is 1. The van der Waals surface area contributed by atoms with Crippen molar-refractivity contribution in [1.29, 1.82) is 0 Å². The minimum absolute atomic E-state index is 0.410. The predicted octanol–water partition coefficient (Wildman–Crippen LogP) is 1.69. The number of hydrogen-bond acceptors (Lipinski definition) is 2. The molecule has 0 saturated carbocycles. The van der Waals surface area contributed by atoms with Crippen molar-refractivity contribution >= 4 is 28.7 Å². The van der Waals surface area contributed by atoms with Crippen molar-refractivity contribution in [3.05, 3.63) is 0 Å². The van der Waals surface area contributed by atoms with E-state index in [2.05, 4.69) is 22.6 Å². The molecule has 1 amide bonds. The molecule has 2 N–H and O–H groups in total. The Hall–Kier alpha value is 0. The first kappa shape index (κ1) is 10.0. The molecule has 0 heterocycles. The molecule has 0 radical (unpaired) electrons. The molecule has 0 rings (SSSR count). The van der Waals surface area contributed by atoms with E-state index in [9.17, 15) is 4.79 Å².